The number of benzene rings is 1. The molecule has 1 heterocycles. The van der Waals surface area contributed by atoms with Crippen molar-refractivity contribution in [1.29, 1.82) is 0 Å². The first kappa shape index (κ1) is 12.5. The van der Waals surface area contributed by atoms with Crippen molar-refractivity contribution in [2.75, 3.05) is 12.0 Å². The van der Waals surface area contributed by atoms with Gasteiger partial charge >= 0.3 is 5.97 Å². The van der Waals surface area contributed by atoms with E-state index in [0.717, 1.165) is 5.75 Å². The van der Waals surface area contributed by atoms with Crippen molar-refractivity contribution in [2.24, 2.45) is 4.99 Å². The Kier molecular flexibility index (Phi) is 3.74. The molecule has 0 radical (unpaired) electrons. The highest BCUT2D eigenvalue weighted by Gasteiger charge is 2.28. The number of aliphatic imine (C=N–C) groups is 1. The number of hydrogen-bond donors (Lipinski definition) is 0. The summed E-state index contributed by atoms with van der Waals surface area (Å²) in [6.07, 6.45) is 2.02. The van der Waals surface area contributed by atoms with E-state index >= 15 is 0 Å². The number of cyclic esters (lactones) is 1. The van der Waals surface area contributed by atoms with Crippen LogP contribution in [0.25, 0.3) is 0 Å². The number of hydrogen-bond acceptors (Lipinski definition) is 4. The Morgan fingerprint density at radius 1 is 1.47 bits per heavy atom. The molecule has 0 saturated heterocycles. The quantitative estimate of drug-likeness (QED) is 0.792. The molecule has 0 aromatic heterocycles. The minimum absolute atomic E-state index is 0.109. The van der Waals surface area contributed by atoms with E-state index in [1.807, 2.05) is 13.2 Å². The highest BCUT2D eigenvalue weighted by molar-refractivity contribution is 7.98. The van der Waals surface area contributed by atoms with Crippen LogP contribution < -0.4 is 0 Å². The number of fused-ring (bicyclic) bond motifs is 1. The van der Waals surface area contributed by atoms with Crippen LogP contribution in [0.5, 0.6) is 0 Å². The molecule has 0 fully saturated rings. The first-order chi connectivity index (χ1) is 8.11. The van der Waals surface area contributed by atoms with Crippen molar-refractivity contribution in [2.45, 2.75) is 13.0 Å². The Labute approximate surface area is 109 Å². The lowest BCUT2D eigenvalue weighted by Gasteiger charge is -2.05. The normalized spacial score (nSPS) is 18.1. The Balaban J connectivity index is 2.35. The van der Waals surface area contributed by atoms with Crippen molar-refractivity contribution in [3.05, 3.63) is 34.3 Å². The minimum Gasteiger partial charge on any atom is -0.404 e. The molecule has 90 valence electrons. The maximum atomic E-state index is 11.6. The monoisotopic (exact) mass is 269 g/mol. The lowest BCUT2D eigenvalue weighted by molar-refractivity contribution is 0.0736. The first-order valence-electron chi connectivity index (χ1n) is 5.20. The van der Waals surface area contributed by atoms with Crippen LogP contribution in [0.15, 0.2) is 23.2 Å². The third-order valence-corrected chi connectivity index (χ3v) is 3.42. The van der Waals surface area contributed by atoms with E-state index in [9.17, 15) is 4.79 Å². The Morgan fingerprint density at radius 3 is 2.94 bits per heavy atom. The van der Waals surface area contributed by atoms with Gasteiger partial charge < -0.3 is 4.74 Å². The van der Waals surface area contributed by atoms with E-state index in [1.165, 1.54) is 0 Å². The zero-order valence-corrected chi connectivity index (χ0v) is 11.1. The van der Waals surface area contributed by atoms with E-state index in [-0.39, 0.29) is 12.0 Å². The van der Waals surface area contributed by atoms with Gasteiger partial charge in [-0.2, -0.15) is 11.8 Å². The van der Waals surface area contributed by atoms with Gasteiger partial charge in [-0.25, -0.2) is 9.79 Å². The molecule has 1 aliphatic heterocycles. The van der Waals surface area contributed by atoms with Crippen molar-refractivity contribution in [1.82, 2.24) is 0 Å². The fourth-order valence-corrected chi connectivity index (χ4v) is 2.37. The molecule has 0 saturated carbocycles. The maximum absolute atomic E-state index is 11.6. The molecule has 0 unspecified atom stereocenters. The van der Waals surface area contributed by atoms with Gasteiger partial charge in [-0.05, 0) is 31.4 Å². The van der Waals surface area contributed by atoms with Gasteiger partial charge in [0.15, 0.2) is 0 Å². The van der Waals surface area contributed by atoms with E-state index < -0.39 is 0 Å². The molecule has 1 aliphatic rings. The molecule has 1 aromatic carbocycles. The lowest BCUT2D eigenvalue weighted by Crippen LogP contribution is -2.09. The smallest absolute Gasteiger partial charge is 0.345 e. The molecule has 1 aromatic rings. The molecule has 17 heavy (non-hydrogen) atoms. The van der Waals surface area contributed by atoms with E-state index in [4.69, 9.17) is 16.3 Å². The van der Waals surface area contributed by atoms with Crippen LogP contribution in [0.4, 0.5) is 0 Å². The van der Waals surface area contributed by atoms with E-state index in [2.05, 4.69) is 4.99 Å². The van der Waals surface area contributed by atoms with Crippen molar-refractivity contribution in [3.63, 3.8) is 0 Å². The molecule has 0 N–H and O–H groups in total. The predicted molar refractivity (Wildman–Crippen MR) is 71.2 cm³/mol. The van der Waals surface area contributed by atoms with E-state index in [1.54, 1.807) is 30.0 Å². The number of thioether (sulfide) groups is 1. The molecule has 1 atom stereocenters. The number of halogens is 1. The standard InChI is InChI=1S/C12H12ClNO2S/c1-7(6-17-2)14-11-10-5-8(13)3-4-9(10)12(15)16-11/h3-5,7H,6H2,1-2H3/b14-11+/t7-/m0/s1. The van der Waals surface area contributed by atoms with Gasteiger partial charge in [-0.3, -0.25) is 0 Å². The average molecular weight is 270 g/mol. The average Bonchev–Trinajstić information content (AvgIpc) is 2.55. The second-order valence-electron chi connectivity index (χ2n) is 3.82. The van der Waals surface area contributed by atoms with Gasteiger partial charge in [0.2, 0.25) is 5.90 Å². The number of carbonyl (C=O) groups excluding carboxylic acids is 1. The zero-order valence-electron chi connectivity index (χ0n) is 9.57. The number of carbonyl (C=O) groups is 1. The van der Waals surface area contributed by atoms with Crippen LogP contribution in [0.3, 0.4) is 0 Å². The molecule has 0 bridgehead atoms. The third kappa shape index (κ3) is 2.64. The molecular formula is C12H12ClNO2S. The first-order valence-corrected chi connectivity index (χ1v) is 6.98. The van der Waals surface area contributed by atoms with Crippen molar-refractivity contribution >= 4 is 35.2 Å². The van der Waals surface area contributed by atoms with Crippen LogP contribution in [-0.2, 0) is 4.74 Å². The molecule has 5 heteroatoms. The van der Waals surface area contributed by atoms with Gasteiger partial charge in [0.05, 0.1) is 17.2 Å². The van der Waals surface area contributed by atoms with Crippen LogP contribution in [0.2, 0.25) is 5.02 Å². The van der Waals surface area contributed by atoms with Crippen molar-refractivity contribution in [3.8, 4) is 0 Å². The lowest BCUT2D eigenvalue weighted by atomic mass is 10.1. The number of nitrogens with zero attached hydrogens (tertiary/aromatic N) is 1. The van der Waals surface area contributed by atoms with Crippen LogP contribution in [0, 0.1) is 0 Å². The predicted octanol–water partition coefficient (Wildman–Crippen LogP) is 3.01. The number of ether oxygens (including phenoxy) is 1. The van der Waals surface area contributed by atoms with Crippen molar-refractivity contribution < 1.29 is 9.53 Å². The Bertz CT molecular complexity index is 487. The largest absolute Gasteiger partial charge is 0.404 e. The van der Waals surface area contributed by atoms with Crippen LogP contribution in [-0.4, -0.2) is 29.9 Å². The summed E-state index contributed by atoms with van der Waals surface area (Å²) in [5.74, 6) is 0.914. The van der Waals surface area contributed by atoms with Gasteiger partial charge in [-0.15, -0.1) is 0 Å². The summed E-state index contributed by atoms with van der Waals surface area (Å²) < 4.78 is 5.15. The van der Waals surface area contributed by atoms with Crippen LogP contribution >= 0.6 is 23.4 Å². The number of rotatable bonds is 3. The molecule has 0 amide bonds. The summed E-state index contributed by atoms with van der Waals surface area (Å²) in [7, 11) is 0. The molecular weight excluding hydrogens is 258 g/mol. The fraction of sp³-hybridized carbons (Fsp3) is 0.333. The summed E-state index contributed by atoms with van der Waals surface area (Å²) >= 11 is 7.61. The summed E-state index contributed by atoms with van der Waals surface area (Å²) in [4.78, 5) is 16.0. The Morgan fingerprint density at radius 2 is 2.24 bits per heavy atom. The molecule has 2 rings (SSSR count). The minimum atomic E-state index is -0.355. The van der Waals surface area contributed by atoms with Gasteiger partial charge in [0, 0.05) is 10.8 Å². The summed E-state index contributed by atoms with van der Waals surface area (Å²) in [6, 6.07) is 5.17. The van der Waals surface area contributed by atoms with Gasteiger partial charge in [0.25, 0.3) is 0 Å². The van der Waals surface area contributed by atoms with Gasteiger partial charge in [0.1, 0.15) is 0 Å². The van der Waals surface area contributed by atoms with E-state index in [0.29, 0.717) is 22.0 Å². The SMILES string of the molecule is CSC[C@H](C)/N=C1/OC(=O)c2ccc(Cl)cc21. The molecule has 0 spiro atoms. The second-order valence-corrected chi connectivity index (χ2v) is 5.17. The molecule has 0 aliphatic carbocycles. The highest BCUT2D eigenvalue weighted by atomic mass is 35.5. The highest BCUT2D eigenvalue weighted by Crippen LogP contribution is 2.24. The second kappa shape index (κ2) is 5.10. The topological polar surface area (TPSA) is 38.7 Å². The summed E-state index contributed by atoms with van der Waals surface area (Å²) in [5.41, 5.74) is 1.22. The Hall–Kier alpha value is -1.00. The van der Waals surface area contributed by atoms with Gasteiger partial charge in [-0.1, -0.05) is 11.6 Å². The molecule has 3 nitrogen and oxygen atoms in total. The summed E-state index contributed by atoms with van der Waals surface area (Å²) in [6.45, 7) is 1.99. The zero-order chi connectivity index (χ0) is 12.4. The number of esters is 1. The van der Waals surface area contributed by atoms with Crippen LogP contribution in [0.1, 0.15) is 22.8 Å². The fourth-order valence-electron chi connectivity index (χ4n) is 1.64. The maximum Gasteiger partial charge on any atom is 0.345 e. The third-order valence-electron chi connectivity index (χ3n) is 2.37. The summed E-state index contributed by atoms with van der Waals surface area (Å²) in [5, 5.41) is 0.576.